The number of amidine groups is 1. The first-order valence-electron chi connectivity index (χ1n) is 7.44. The van der Waals surface area contributed by atoms with Crippen molar-refractivity contribution >= 4 is 28.7 Å². The molecule has 0 radical (unpaired) electrons. The number of amides is 1. The Morgan fingerprint density at radius 2 is 1.78 bits per heavy atom. The Morgan fingerprint density at radius 3 is 2.61 bits per heavy atom. The van der Waals surface area contributed by atoms with Gasteiger partial charge in [0.1, 0.15) is 11.5 Å². The lowest BCUT2D eigenvalue weighted by Gasteiger charge is -2.11. The Bertz CT molecular complexity index is 951. The Labute approximate surface area is 133 Å². The van der Waals surface area contributed by atoms with Crippen molar-refractivity contribution in [3.8, 4) is 0 Å². The number of aliphatic imine (C=N–C) groups is 1. The quantitative estimate of drug-likeness (QED) is 0.724. The molecule has 1 N–H and O–H groups in total. The van der Waals surface area contributed by atoms with Crippen LogP contribution in [-0.2, 0) is 4.79 Å². The van der Waals surface area contributed by atoms with Gasteiger partial charge in [0.05, 0.1) is 0 Å². The molecule has 4 nitrogen and oxygen atoms in total. The monoisotopic (exact) mass is 301 g/mol. The van der Waals surface area contributed by atoms with E-state index in [0.29, 0.717) is 11.5 Å². The zero-order valence-electron chi connectivity index (χ0n) is 12.7. The van der Waals surface area contributed by atoms with E-state index in [2.05, 4.69) is 9.98 Å². The average molecular weight is 301 g/mol. The molecule has 2 heterocycles. The van der Waals surface area contributed by atoms with Crippen molar-refractivity contribution in [3.63, 3.8) is 0 Å². The van der Waals surface area contributed by atoms with Crippen molar-refractivity contribution in [3.05, 3.63) is 77.6 Å². The number of nitrogens with zero attached hydrogens (tertiary/aromatic N) is 2. The molecule has 1 aliphatic heterocycles. The lowest BCUT2D eigenvalue weighted by atomic mass is 10.1. The first-order valence-corrected chi connectivity index (χ1v) is 7.44. The van der Waals surface area contributed by atoms with Crippen LogP contribution in [0.4, 0.5) is 0 Å². The summed E-state index contributed by atoms with van der Waals surface area (Å²) in [6.45, 7) is 0. The lowest BCUT2D eigenvalue weighted by Crippen LogP contribution is -2.28. The number of rotatable bonds is 2. The van der Waals surface area contributed by atoms with Crippen molar-refractivity contribution in [2.45, 2.75) is 0 Å². The number of aromatic nitrogens is 1. The first-order chi connectivity index (χ1) is 11.2. The molecular weight excluding hydrogens is 286 g/mol. The number of likely N-dealkylation sites (N-methyl/N-ethyl adjacent to an activating group) is 1. The average Bonchev–Trinajstić information content (AvgIpc) is 3.13. The van der Waals surface area contributed by atoms with Crippen LogP contribution in [0.2, 0.25) is 0 Å². The summed E-state index contributed by atoms with van der Waals surface area (Å²) in [5.41, 5.74) is 3.41. The predicted octanol–water partition coefficient (Wildman–Crippen LogP) is 3.43. The Balaban J connectivity index is 1.79. The summed E-state index contributed by atoms with van der Waals surface area (Å²) < 4.78 is 0. The first kappa shape index (κ1) is 13.5. The number of hydrogen-bond donors (Lipinski definition) is 1. The predicted molar refractivity (Wildman–Crippen MR) is 92.0 cm³/mol. The van der Waals surface area contributed by atoms with Crippen LogP contribution < -0.4 is 0 Å². The third kappa shape index (κ3) is 2.25. The summed E-state index contributed by atoms with van der Waals surface area (Å²) in [5, 5.41) is 1.08. The number of nitrogens with one attached hydrogen (secondary N) is 1. The fourth-order valence-electron chi connectivity index (χ4n) is 2.81. The Kier molecular flexibility index (Phi) is 3.08. The molecule has 1 aromatic heterocycles. The maximum atomic E-state index is 12.5. The van der Waals surface area contributed by atoms with Crippen molar-refractivity contribution in [2.24, 2.45) is 4.99 Å². The van der Waals surface area contributed by atoms with Gasteiger partial charge in [-0.15, -0.1) is 0 Å². The molecule has 4 rings (SSSR count). The standard InChI is InChI=1S/C19H15N3O/c1-22-18(13-7-3-2-4-8-13)21-17(19(22)23)11-14-12-20-16-10-6-5-9-15(14)16/h2-12,20H,1H3/b17-11-. The number of H-pyrrole nitrogens is 1. The second-order valence-electron chi connectivity index (χ2n) is 5.48. The van der Waals surface area contributed by atoms with E-state index in [-0.39, 0.29) is 5.91 Å². The van der Waals surface area contributed by atoms with Crippen molar-refractivity contribution < 1.29 is 4.79 Å². The molecule has 0 saturated heterocycles. The molecule has 0 saturated carbocycles. The SMILES string of the molecule is CN1C(=O)/C(=C/c2c[nH]c3ccccc23)N=C1c1ccccc1. The third-order valence-electron chi connectivity index (χ3n) is 4.01. The summed E-state index contributed by atoms with van der Waals surface area (Å²) in [6, 6.07) is 17.8. The van der Waals surface area contributed by atoms with Gasteiger partial charge in [-0.3, -0.25) is 9.69 Å². The van der Waals surface area contributed by atoms with E-state index < -0.39 is 0 Å². The minimum absolute atomic E-state index is 0.0888. The van der Waals surface area contributed by atoms with E-state index in [9.17, 15) is 4.79 Å². The molecule has 0 unspecified atom stereocenters. The maximum Gasteiger partial charge on any atom is 0.277 e. The van der Waals surface area contributed by atoms with Crippen LogP contribution in [0.1, 0.15) is 11.1 Å². The highest BCUT2D eigenvalue weighted by molar-refractivity contribution is 6.19. The van der Waals surface area contributed by atoms with Gasteiger partial charge in [0.25, 0.3) is 5.91 Å². The molecule has 3 aromatic rings. The van der Waals surface area contributed by atoms with Gasteiger partial charge in [-0.2, -0.15) is 0 Å². The summed E-state index contributed by atoms with van der Waals surface area (Å²) >= 11 is 0. The normalized spacial score (nSPS) is 16.4. The molecule has 1 aliphatic rings. The van der Waals surface area contributed by atoms with Crippen LogP contribution in [0.3, 0.4) is 0 Å². The number of fused-ring (bicyclic) bond motifs is 1. The molecule has 0 spiro atoms. The van der Waals surface area contributed by atoms with Gasteiger partial charge in [0, 0.05) is 35.3 Å². The maximum absolute atomic E-state index is 12.5. The van der Waals surface area contributed by atoms with Gasteiger partial charge in [-0.25, -0.2) is 4.99 Å². The highest BCUT2D eigenvalue weighted by Crippen LogP contribution is 2.24. The van der Waals surface area contributed by atoms with Crippen LogP contribution in [0.15, 0.2) is 71.5 Å². The van der Waals surface area contributed by atoms with Crippen LogP contribution >= 0.6 is 0 Å². The van der Waals surface area contributed by atoms with Gasteiger partial charge >= 0.3 is 0 Å². The summed E-state index contributed by atoms with van der Waals surface area (Å²) in [4.78, 5) is 21.8. The van der Waals surface area contributed by atoms with E-state index in [0.717, 1.165) is 22.0 Å². The van der Waals surface area contributed by atoms with E-state index in [1.54, 1.807) is 11.9 Å². The molecule has 0 aliphatic carbocycles. The minimum atomic E-state index is -0.0888. The largest absolute Gasteiger partial charge is 0.361 e. The molecule has 4 heteroatoms. The second-order valence-corrected chi connectivity index (χ2v) is 5.48. The van der Waals surface area contributed by atoms with E-state index in [1.807, 2.05) is 66.9 Å². The highest BCUT2D eigenvalue weighted by Gasteiger charge is 2.27. The summed E-state index contributed by atoms with van der Waals surface area (Å²) in [5.74, 6) is 0.593. The fraction of sp³-hybridized carbons (Fsp3) is 0.0526. The minimum Gasteiger partial charge on any atom is -0.361 e. The summed E-state index contributed by atoms with van der Waals surface area (Å²) in [6.07, 6.45) is 3.74. The molecule has 0 bridgehead atoms. The number of carbonyl (C=O) groups excluding carboxylic acids is 1. The second kappa shape index (κ2) is 5.25. The number of aromatic amines is 1. The molecule has 23 heavy (non-hydrogen) atoms. The molecule has 0 atom stereocenters. The van der Waals surface area contributed by atoms with Crippen LogP contribution in [0.25, 0.3) is 17.0 Å². The van der Waals surface area contributed by atoms with E-state index in [1.165, 1.54) is 0 Å². The van der Waals surface area contributed by atoms with E-state index in [4.69, 9.17) is 0 Å². The number of benzene rings is 2. The van der Waals surface area contributed by atoms with E-state index >= 15 is 0 Å². The van der Waals surface area contributed by atoms with Gasteiger partial charge in [-0.05, 0) is 12.1 Å². The van der Waals surface area contributed by atoms with Crippen LogP contribution in [-0.4, -0.2) is 28.7 Å². The van der Waals surface area contributed by atoms with Gasteiger partial charge < -0.3 is 4.98 Å². The zero-order chi connectivity index (χ0) is 15.8. The number of hydrogen-bond acceptors (Lipinski definition) is 2. The van der Waals surface area contributed by atoms with Gasteiger partial charge in [0.15, 0.2) is 0 Å². The smallest absolute Gasteiger partial charge is 0.277 e. The van der Waals surface area contributed by atoms with Crippen molar-refractivity contribution in [1.29, 1.82) is 0 Å². The van der Waals surface area contributed by atoms with Crippen LogP contribution in [0.5, 0.6) is 0 Å². The molecule has 112 valence electrons. The van der Waals surface area contributed by atoms with Crippen molar-refractivity contribution in [2.75, 3.05) is 7.05 Å². The van der Waals surface area contributed by atoms with Crippen molar-refractivity contribution in [1.82, 2.24) is 9.88 Å². The third-order valence-corrected chi connectivity index (χ3v) is 4.01. The fourth-order valence-corrected chi connectivity index (χ4v) is 2.81. The molecule has 0 fully saturated rings. The zero-order valence-corrected chi connectivity index (χ0v) is 12.7. The molecule has 1 amide bonds. The van der Waals surface area contributed by atoms with Gasteiger partial charge in [0.2, 0.25) is 0 Å². The Hall–Kier alpha value is -3.14. The van der Waals surface area contributed by atoms with Crippen LogP contribution in [0, 0.1) is 0 Å². The Morgan fingerprint density at radius 1 is 1.04 bits per heavy atom. The number of carbonyl (C=O) groups is 1. The molecular formula is C19H15N3O. The topological polar surface area (TPSA) is 48.5 Å². The number of para-hydroxylation sites is 1. The molecule has 2 aromatic carbocycles. The summed E-state index contributed by atoms with van der Waals surface area (Å²) in [7, 11) is 1.75. The van der Waals surface area contributed by atoms with Gasteiger partial charge in [-0.1, -0.05) is 48.5 Å². The highest BCUT2D eigenvalue weighted by atomic mass is 16.2. The lowest BCUT2D eigenvalue weighted by molar-refractivity contribution is -0.121.